The molecule has 0 rings (SSSR count). The maximum Gasteiger partial charge on any atom is 0.347 e. The number of carbonyl (C=O) groups is 3. The lowest BCUT2D eigenvalue weighted by molar-refractivity contribution is -0.161. The van der Waals surface area contributed by atoms with Crippen LogP contribution in [0.2, 0.25) is 0 Å². The molecule has 0 fully saturated rings. The Bertz CT molecular complexity index is 237. The first-order valence-electron chi connectivity index (χ1n) is 4.47. The molecular formula is C9H14O6. The fraction of sp³-hybridized carbons (Fsp3) is 0.667. The third-order valence-corrected chi connectivity index (χ3v) is 1.81. The Balaban J connectivity index is 3.72. The number of ether oxygens (including phenoxy) is 2. The average Bonchev–Trinajstić information content (AvgIpc) is 2.17. The predicted molar refractivity (Wildman–Crippen MR) is 49.0 cm³/mol. The number of carbonyl (C=O) groups excluding carboxylic acids is 2. The highest BCUT2D eigenvalue weighted by Crippen LogP contribution is 2.02. The molecular weight excluding hydrogens is 204 g/mol. The number of rotatable bonds is 7. The zero-order valence-electron chi connectivity index (χ0n) is 8.63. The van der Waals surface area contributed by atoms with E-state index in [9.17, 15) is 14.4 Å². The zero-order valence-corrected chi connectivity index (χ0v) is 8.63. The van der Waals surface area contributed by atoms with E-state index in [0.717, 1.165) is 0 Å². The van der Waals surface area contributed by atoms with Gasteiger partial charge in [-0.3, -0.25) is 9.59 Å². The van der Waals surface area contributed by atoms with Gasteiger partial charge in [-0.1, -0.05) is 6.92 Å². The summed E-state index contributed by atoms with van der Waals surface area (Å²) in [4.78, 5) is 31.3. The Morgan fingerprint density at radius 1 is 1.40 bits per heavy atom. The van der Waals surface area contributed by atoms with Gasteiger partial charge in [-0.15, -0.1) is 0 Å². The fourth-order valence-electron chi connectivity index (χ4n) is 0.716. The van der Waals surface area contributed by atoms with Gasteiger partial charge in [0.2, 0.25) is 0 Å². The highest BCUT2D eigenvalue weighted by molar-refractivity contribution is 5.75. The summed E-state index contributed by atoms with van der Waals surface area (Å²) in [6.45, 7) is 3.05. The van der Waals surface area contributed by atoms with E-state index < -0.39 is 24.0 Å². The minimum Gasteiger partial charge on any atom is -0.481 e. The number of carboxylic acid groups (broad SMARTS) is 1. The van der Waals surface area contributed by atoms with Gasteiger partial charge in [0.15, 0.2) is 6.10 Å². The quantitative estimate of drug-likeness (QED) is 0.485. The summed E-state index contributed by atoms with van der Waals surface area (Å²) >= 11 is 0. The predicted octanol–water partition coefficient (Wildman–Crippen LogP) is 0.202. The van der Waals surface area contributed by atoms with E-state index in [1.807, 2.05) is 0 Å². The van der Waals surface area contributed by atoms with Crippen LogP contribution in [0.5, 0.6) is 0 Å². The average molecular weight is 218 g/mol. The van der Waals surface area contributed by atoms with Crippen LogP contribution >= 0.6 is 0 Å². The SMILES string of the molecule is CC(CCOC(=O)C(C)OC=O)C(=O)O. The maximum atomic E-state index is 11.0. The maximum absolute atomic E-state index is 11.0. The minimum atomic E-state index is -0.956. The number of carboxylic acids is 1. The number of hydrogen-bond donors (Lipinski definition) is 1. The molecule has 0 bridgehead atoms. The van der Waals surface area contributed by atoms with E-state index in [-0.39, 0.29) is 19.5 Å². The normalized spacial score (nSPS) is 13.7. The minimum absolute atomic E-state index is 0.00113. The Kier molecular flexibility index (Phi) is 6.08. The van der Waals surface area contributed by atoms with Crippen LogP contribution in [0, 0.1) is 5.92 Å². The Morgan fingerprint density at radius 3 is 2.47 bits per heavy atom. The number of hydrogen-bond acceptors (Lipinski definition) is 5. The molecule has 15 heavy (non-hydrogen) atoms. The Morgan fingerprint density at radius 2 is 2.00 bits per heavy atom. The van der Waals surface area contributed by atoms with Crippen molar-refractivity contribution in [2.45, 2.75) is 26.4 Å². The first-order chi connectivity index (χ1) is 6.99. The molecule has 6 nitrogen and oxygen atoms in total. The summed E-state index contributed by atoms with van der Waals surface area (Å²) in [5.74, 6) is -2.19. The summed E-state index contributed by atoms with van der Waals surface area (Å²) in [6.07, 6.45) is -0.725. The molecule has 0 amide bonds. The van der Waals surface area contributed by atoms with Crippen molar-refractivity contribution in [2.24, 2.45) is 5.92 Å². The number of aliphatic carboxylic acids is 1. The molecule has 0 spiro atoms. The van der Waals surface area contributed by atoms with Gasteiger partial charge < -0.3 is 14.6 Å². The van der Waals surface area contributed by atoms with Crippen LogP contribution in [-0.2, 0) is 23.9 Å². The van der Waals surface area contributed by atoms with Gasteiger partial charge in [0.05, 0.1) is 12.5 Å². The summed E-state index contributed by atoms with van der Waals surface area (Å²) in [5.41, 5.74) is 0. The third kappa shape index (κ3) is 5.66. The third-order valence-electron chi connectivity index (χ3n) is 1.81. The van der Waals surface area contributed by atoms with E-state index in [1.54, 1.807) is 0 Å². The first-order valence-corrected chi connectivity index (χ1v) is 4.47. The van der Waals surface area contributed by atoms with E-state index in [0.29, 0.717) is 0 Å². The van der Waals surface area contributed by atoms with Crippen LogP contribution in [0.3, 0.4) is 0 Å². The lowest BCUT2D eigenvalue weighted by Gasteiger charge is -2.10. The number of esters is 1. The van der Waals surface area contributed by atoms with Gasteiger partial charge in [-0.05, 0) is 13.3 Å². The summed E-state index contributed by atoms with van der Waals surface area (Å²) in [7, 11) is 0. The second-order valence-corrected chi connectivity index (χ2v) is 3.07. The molecule has 0 heterocycles. The smallest absolute Gasteiger partial charge is 0.347 e. The Labute approximate surface area is 87.2 Å². The molecule has 0 aromatic heterocycles. The van der Waals surface area contributed by atoms with Gasteiger partial charge in [0, 0.05) is 0 Å². The monoisotopic (exact) mass is 218 g/mol. The van der Waals surface area contributed by atoms with Crippen LogP contribution in [-0.4, -0.2) is 36.2 Å². The van der Waals surface area contributed by atoms with Crippen molar-refractivity contribution in [1.29, 1.82) is 0 Å². The largest absolute Gasteiger partial charge is 0.481 e. The summed E-state index contributed by atoms with van der Waals surface area (Å²) in [5, 5.41) is 8.53. The van der Waals surface area contributed by atoms with Crippen molar-refractivity contribution in [2.75, 3.05) is 6.61 Å². The standard InChI is InChI=1S/C9H14O6/c1-6(8(11)12)3-4-14-9(13)7(2)15-5-10/h5-7H,3-4H2,1-2H3,(H,11,12). The molecule has 0 aliphatic heterocycles. The molecule has 86 valence electrons. The first kappa shape index (κ1) is 13.4. The van der Waals surface area contributed by atoms with E-state index in [1.165, 1.54) is 13.8 Å². The molecule has 2 unspecified atom stereocenters. The van der Waals surface area contributed by atoms with E-state index in [2.05, 4.69) is 4.74 Å². The van der Waals surface area contributed by atoms with Gasteiger partial charge in [-0.25, -0.2) is 4.79 Å². The van der Waals surface area contributed by atoms with Gasteiger partial charge in [0.1, 0.15) is 0 Å². The Hall–Kier alpha value is -1.59. The highest BCUT2D eigenvalue weighted by atomic mass is 16.6. The molecule has 0 aliphatic rings. The molecule has 0 aromatic rings. The van der Waals surface area contributed by atoms with Crippen molar-refractivity contribution in [3.05, 3.63) is 0 Å². The van der Waals surface area contributed by atoms with Crippen LogP contribution in [0.15, 0.2) is 0 Å². The molecule has 0 aliphatic carbocycles. The summed E-state index contributed by atoms with van der Waals surface area (Å²) < 4.78 is 9.03. The molecule has 0 saturated heterocycles. The van der Waals surface area contributed by atoms with Crippen molar-refractivity contribution in [1.82, 2.24) is 0 Å². The van der Waals surface area contributed by atoms with Gasteiger partial charge in [0.25, 0.3) is 6.47 Å². The zero-order chi connectivity index (χ0) is 11.8. The van der Waals surface area contributed by atoms with E-state index >= 15 is 0 Å². The van der Waals surface area contributed by atoms with Crippen molar-refractivity contribution in [3.8, 4) is 0 Å². The highest BCUT2D eigenvalue weighted by Gasteiger charge is 2.16. The van der Waals surface area contributed by atoms with Crippen LogP contribution in [0.25, 0.3) is 0 Å². The lowest BCUT2D eigenvalue weighted by Crippen LogP contribution is -2.24. The van der Waals surface area contributed by atoms with Crippen LogP contribution in [0.1, 0.15) is 20.3 Å². The molecule has 0 aromatic carbocycles. The second-order valence-electron chi connectivity index (χ2n) is 3.07. The summed E-state index contributed by atoms with van der Waals surface area (Å²) in [6, 6.07) is 0. The van der Waals surface area contributed by atoms with Crippen LogP contribution < -0.4 is 0 Å². The fourth-order valence-corrected chi connectivity index (χ4v) is 0.716. The molecule has 0 saturated carbocycles. The van der Waals surface area contributed by atoms with Gasteiger partial charge in [-0.2, -0.15) is 0 Å². The lowest BCUT2D eigenvalue weighted by atomic mass is 10.1. The van der Waals surface area contributed by atoms with E-state index in [4.69, 9.17) is 9.84 Å². The molecule has 0 radical (unpaired) electrons. The molecule has 6 heteroatoms. The molecule has 1 N–H and O–H groups in total. The van der Waals surface area contributed by atoms with Crippen molar-refractivity contribution >= 4 is 18.4 Å². The van der Waals surface area contributed by atoms with Crippen LogP contribution in [0.4, 0.5) is 0 Å². The van der Waals surface area contributed by atoms with Crippen molar-refractivity contribution in [3.63, 3.8) is 0 Å². The second kappa shape index (κ2) is 6.80. The van der Waals surface area contributed by atoms with Crippen molar-refractivity contribution < 1.29 is 29.0 Å². The topological polar surface area (TPSA) is 89.9 Å². The molecule has 2 atom stereocenters. The van der Waals surface area contributed by atoms with Gasteiger partial charge >= 0.3 is 11.9 Å².